The van der Waals surface area contributed by atoms with E-state index in [1.54, 1.807) is 0 Å². The van der Waals surface area contributed by atoms with Gasteiger partial charge in [-0.3, -0.25) is 0 Å². The summed E-state index contributed by atoms with van der Waals surface area (Å²) >= 11 is 0. The molecule has 5 heterocycles. The number of rotatable bonds is 8. The Morgan fingerprint density at radius 3 is 0.722 bits per heavy atom. The Hall–Kier alpha value is -7.44. The van der Waals surface area contributed by atoms with Crippen LogP contribution in [-0.4, -0.2) is 29.9 Å². The second-order valence-electron chi connectivity index (χ2n) is 12.8. The topological polar surface area (TPSA) is 77.3 Å². The van der Waals surface area contributed by atoms with Gasteiger partial charge in [-0.15, -0.1) is 0 Å². The van der Waals surface area contributed by atoms with Crippen molar-refractivity contribution in [2.75, 3.05) is 0 Å². The Labute approximate surface area is 312 Å². The zero-order chi connectivity index (χ0) is 36.1. The molecule has 54 heavy (non-hydrogen) atoms. The minimum absolute atomic E-state index is 0.689. The summed E-state index contributed by atoms with van der Waals surface area (Å²) in [6.45, 7) is 0. The molecule has 0 radical (unpaired) electrons. The van der Waals surface area contributed by atoms with Crippen molar-refractivity contribution >= 4 is 92.2 Å². The van der Waals surface area contributed by atoms with Crippen LogP contribution in [0.4, 0.5) is 0 Å². The van der Waals surface area contributed by atoms with E-state index in [1.165, 1.54) is 0 Å². The lowest BCUT2D eigenvalue weighted by molar-refractivity contribution is 1.12. The molecule has 6 nitrogen and oxygen atoms in total. The van der Waals surface area contributed by atoms with E-state index in [0.717, 1.165) is 66.4 Å². The van der Waals surface area contributed by atoms with Crippen molar-refractivity contribution in [3.8, 4) is 0 Å². The highest BCUT2D eigenvalue weighted by atomic mass is 14.8. The summed E-state index contributed by atoms with van der Waals surface area (Å²) < 4.78 is 0. The maximum atomic E-state index is 5.22. The molecule has 0 bridgehead atoms. The first kappa shape index (κ1) is 32.5. The Kier molecular flexibility index (Phi) is 8.81. The number of hydrogen-bond acceptors (Lipinski definition) is 6. The number of nitrogens with zero attached hydrogens (tertiary/aromatic N) is 6. The fourth-order valence-electron chi connectivity index (χ4n) is 6.33. The highest BCUT2D eigenvalue weighted by molar-refractivity contribution is 5.86. The van der Waals surface area contributed by atoms with Crippen molar-refractivity contribution in [1.29, 1.82) is 0 Å². The molecule has 0 unspecified atom stereocenters. The molecule has 0 fully saturated rings. The van der Waals surface area contributed by atoms with Crippen molar-refractivity contribution in [1.82, 2.24) is 29.9 Å². The van der Waals surface area contributed by atoms with Gasteiger partial charge in [0.25, 0.3) is 0 Å². The van der Waals surface area contributed by atoms with Gasteiger partial charge in [0.15, 0.2) is 0 Å². The van der Waals surface area contributed by atoms with Gasteiger partial charge >= 0.3 is 0 Å². The van der Waals surface area contributed by atoms with Crippen LogP contribution in [0.2, 0.25) is 0 Å². The molecule has 5 aromatic heterocycles. The van der Waals surface area contributed by atoms with Gasteiger partial charge in [0, 0.05) is 21.5 Å². The molecule has 0 aliphatic heterocycles. The molecule has 9 aromatic rings. The molecule has 0 aliphatic carbocycles. The zero-order valence-corrected chi connectivity index (χ0v) is 29.2. The SMILES string of the molecule is C(=C\c1nc(/C=C/c2ccc3ccccc3n2)c(/C=C/c2ccc3ccccc3n2)nc1/C=C/c1ccc2ccccc2n1)/c1ccc2ccccc2n1. The van der Waals surface area contributed by atoms with Crippen LogP contribution in [-0.2, 0) is 0 Å². The van der Waals surface area contributed by atoms with Gasteiger partial charge in [-0.05, 0) is 97.1 Å². The average molecular weight is 693 g/mol. The van der Waals surface area contributed by atoms with Crippen molar-refractivity contribution in [2.24, 2.45) is 0 Å². The highest BCUT2D eigenvalue weighted by Crippen LogP contribution is 2.22. The highest BCUT2D eigenvalue weighted by Gasteiger charge is 2.10. The van der Waals surface area contributed by atoms with Crippen LogP contribution in [0.25, 0.3) is 92.2 Å². The van der Waals surface area contributed by atoms with Gasteiger partial charge in [0.2, 0.25) is 0 Å². The molecule has 0 aliphatic rings. The summed E-state index contributed by atoms with van der Waals surface area (Å²) in [6, 6.07) is 48.8. The Bertz CT molecular complexity index is 2560. The molecule has 0 N–H and O–H groups in total. The molecule has 9 rings (SSSR count). The fraction of sp³-hybridized carbons (Fsp3) is 0. The molecule has 6 heteroatoms. The standard InChI is InChI=1S/C48H32N6/c1-5-13-41-33(9-1)17-21-37(49-41)25-29-45-46(30-26-38-22-18-34-10-2-6-14-42(34)50-38)54-48(32-28-40-24-20-36-12-4-8-16-44(36)52-40)47(53-45)31-27-39-23-19-35-11-3-7-15-43(35)51-39/h1-32H/b29-25+,30-26+,31-27+,32-28+. The summed E-state index contributed by atoms with van der Waals surface area (Å²) in [4.78, 5) is 29.9. The lowest BCUT2D eigenvalue weighted by Crippen LogP contribution is -2.00. The van der Waals surface area contributed by atoms with Gasteiger partial charge in [-0.1, -0.05) is 97.1 Å². The first-order chi connectivity index (χ1) is 26.7. The van der Waals surface area contributed by atoms with Crippen LogP contribution in [0.3, 0.4) is 0 Å². The number of benzene rings is 4. The molecule has 0 spiro atoms. The average Bonchev–Trinajstić information content (AvgIpc) is 3.23. The zero-order valence-electron chi connectivity index (χ0n) is 29.2. The molecule has 254 valence electrons. The van der Waals surface area contributed by atoms with E-state index >= 15 is 0 Å². The predicted molar refractivity (Wildman–Crippen MR) is 225 cm³/mol. The second-order valence-corrected chi connectivity index (χ2v) is 12.8. The van der Waals surface area contributed by atoms with Crippen molar-refractivity contribution in [3.63, 3.8) is 0 Å². The fourth-order valence-corrected chi connectivity index (χ4v) is 6.33. The molecule has 0 atom stereocenters. The first-order valence-corrected chi connectivity index (χ1v) is 17.8. The molecule has 0 saturated heterocycles. The van der Waals surface area contributed by atoms with Crippen LogP contribution in [0, 0.1) is 0 Å². The lowest BCUT2D eigenvalue weighted by atomic mass is 10.1. The molecule has 0 saturated carbocycles. The first-order valence-electron chi connectivity index (χ1n) is 17.8. The Morgan fingerprint density at radius 1 is 0.222 bits per heavy atom. The maximum Gasteiger partial charge on any atom is 0.0895 e. The van der Waals surface area contributed by atoms with Crippen molar-refractivity contribution in [2.45, 2.75) is 0 Å². The molecular weight excluding hydrogens is 661 g/mol. The molecule has 0 amide bonds. The second kappa shape index (κ2) is 14.7. The number of hydrogen-bond donors (Lipinski definition) is 0. The van der Waals surface area contributed by atoms with E-state index in [-0.39, 0.29) is 0 Å². The number of pyridine rings is 4. The monoisotopic (exact) mass is 692 g/mol. The summed E-state index contributed by atoms with van der Waals surface area (Å²) in [5.41, 5.74) is 9.79. The van der Waals surface area contributed by atoms with Crippen molar-refractivity contribution < 1.29 is 0 Å². The summed E-state index contributed by atoms with van der Waals surface area (Å²) in [7, 11) is 0. The third-order valence-corrected chi connectivity index (χ3v) is 9.13. The van der Waals surface area contributed by atoms with Gasteiger partial charge in [0.1, 0.15) is 0 Å². The minimum atomic E-state index is 0.689. The minimum Gasteiger partial charge on any atom is -0.248 e. The van der Waals surface area contributed by atoms with E-state index < -0.39 is 0 Å². The van der Waals surface area contributed by atoms with Gasteiger partial charge in [-0.25, -0.2) is 29.9 Å². The number of para-hydroxylation sites is 4. The quantitative estimate of drug-likeness (QED) is 0.158. The Balaban J connectivity index is 1.16. The summed E-state index contributed by atoms with van der Waals surface area (Å²) in [5.74, 6) is 0. The van der Waals surface area contributed by atoms with E-state index in [9.17, 15) is 0 Å². The third-order valence-electron chi connectivity index (χ3n) is 9.13. The van der Waals surface area contributed by atoms with Crippen LogP contribution in [0.15, 0.2) is 146 Å². The largest absolute Gasteiger partial charge is 0.248 e. The van der Waals surface area contributed by atoms with Crippen molar-refractivity contribution in [3.05, 3.63) is 191 Å². The van der Waals surface area contributed by atoms with Crippen LogP contribution in [0.1, 0.15) is 45.6 Å². The Morgan fingerprint density at radius 2 is 0.463 bits per heavy atom. The number of fused-ring (bicyclic) bond motifs is 4. The lowest BCUT2D eigenvalue weighted by Gasteiger charge is -2.08. The van der Waals surface area contributed by atoms with Crippen LogP contribution >= 0.6 is 0 Å². The van der Waals surface area contributed by atoms with Gasteiger partial charge < -0.3 is 0 Å². The number of aromatic nitrogens is 6. The summed E-state index contributed by atoms with van der Waals surface area (Å²) in [6.07, 6.45) is 15.8. The van der Waals surface area contributed by atoms with Crippen LogP contribution in [0.5, 0.6) is 0 Å². The van der Waals surface area contributed by atoms with E-state index in [1.807, 2.05) is 146 Å². The normalized spacial score (nSPS) is 12.1. The van der Waals surface area contributed by atoms with E-state index in [0.29, 0.717) is 22.8 Å². The smallest absolute Gasteiger partial charge is 0.0895 e. The summed E-state index contributed by atoms with van der Waals surface area (Å²) in [5, 5.41) is 4.36. The predicted octanol–water partition coefficient (Wildman–Crippen LogP) is 11.4. The van der Waals surface area contributed by atoms with E-state index in [4.69, 9.17) is 29.9 Å². The maximum absolute atomic E-state index is 5.22. The molecular formula is C48H32N6. The third kappa shape index (κ3) is 7.17. The van der Waals surface area contributed by atoms with Gasteiger partial charge in [0.05, 0.1) is 67.6 Å². The van der Waals surface area contributed by atoms with E-state index in [2.05, 4.69) is 48.5 Å². The van der Waals surface area contributed by atoms with Crippen LogP contribution < -0.4 is 0 Å². The molecule has 4 aromatic carbocycles. The van der Waals surface area contributed by atoms with Gasteiger partial charge in [-0.2, -0.15) is 0 Å².